The highest BCUT2D eigenvalue weighted by Gasteiger charge is 2.30. The van der Waals surface area contributed by atoms with E-state index in [9.17, 15) is 22.7 Å². The van der Waals surface area contributed by atoms with Crippen LogP contribution in [0.15, 0.2) is 42.5 Å². The monoisotopic (exact) mass is 256 g/mol. The average Bonchev–Trinajstić information content (AvgIpc) is 2.31. The topological polar surface area (TPSA) is 20.2 Å². The molecule has 2 aromatic carbocycles. The van der Waals surface area contributed by atoms with Gasteiger partial charge in [0.1, 0.15) is 11.6 Å². The quantitative estimate of drug-likeness (QED) is 0.757. The minimum Gasteiger partial charge on any atom is -0.507 e. The largest absolute Gasteiger partial charge is 0.507 e. The number of aromatic hydroxyl groups is 1. The molecule has 2 rings (SSSR count). The van der Waals surface area contributed by atoms with Crippen molar-refractivity contribution in [1.82, 2.24) is 0 Å². The smallest absolute Gasteiger partial charge is 0.416 e. The van der Waals surface area contributed by atoms with Gasteiger partial charge in [0.15, 0.2) is 0 Å². The standard InChI is InChI=1S/C13H8F4O/c14-10-4-5-12(18)11(7-10)8-2-1-3-9(6-8)13(15,16)17/h1-7,18H. The highest BCUT2D eigenvalue weighted by molar-refractivity contribution is 5.70. The molecule has 0 unspecified atom stereocenters. The van der Waals surface area contributed by atoms with Crippen LogP contribution in [0.5, 0.6) is 5.75 Å². The first-order valence-corrected chi connectivity index (χ1v) is 5.04. The maximum absolute atomic E-state index is 13.0. The predicted molar refractivity (Wildman–Crippen MR) is 58.5 cm³/mol. The summed E-state index contributed by atoms with van der Waals surface area (Å²) < 4.78 is 50.6. The molecule has 0 heterocycles. The molecule has 0 saturated heterocycles. The third kappa shape index (κ3) is 2.45. The Morgan fingerprint density at radius 1 is 0.944 bits per heavy atom. The van der Waals surface area contributed by atoms with E-state index in [1.165, 1.54) is 12.1 Å². The van der Waals surface area contributed by atoms with Crippen LogP contribution in [-0.4, -0.2) is 5.11 Å². The highest BCUT2D eigenvalue weighted by Crippen LogP contribution is 2.35. The van der Waals surface area contributed by atoms with Gasteiger partial charge in [-0.15, -0.1) is 0 Å². The van der Waals surface area contributed by atoms with Crippen LogP contribution in [0.25, 0.3) is 11.1 Å². The van der Waals surface area contributed by atoms with E-state index in [0.29, 0.717) is 0 Å². The van der Waals surface area contributed by atoms with Gasteiger partial charge in [-0.25, -0.2) is 4.39 Å². The summed E-state index contributed by atoms with van der Waals surface area (Å²) in [6.45, 7) is 0. The van der Waals surface area contributed by atoms with Gasteiger partial charge in [-0.2, -0.15) is 13.2 Å². The molecule has 18 heavy (non-hydrogen) atoms. The average molecular weight is 256 g/mol. The Labute approximate surface area is 100 Å². The Kier molecular flexibility index (Phi) is 2.98. The molecule has 0 aliphatic heterocycles. The van der Waals surface area contributed by atoms with Crippen LogP contribution in [0.4, 0.5) is 17.6 Å². The Morgan fingerprint density at radius 3 is 2.33 bits per heavy atom. The molecule has 2 aromatic rings. The predicted octanol–water partition coefficient (Wildman–Crippen LogP) is 4.22. The minimum atomic E-state index is -4.47. The van der Waals surface area contributed by atoms with Crippen LogP contribution in [0.1, 0.15) is 5.56 Å². The Bertz CT molecular complexity index is 575. The third-order valence-corrected chi connectivity index (χ3v) is 2.46. The van der Waals surface area contributed by atoms with Gasteiger partial charge in [-0.1, -0.05) is 12.1 Å². The summed E-state index contributed by atoms with van der Waals surface area (Å²) >= 11 is 0. The number of phenols is 1. The van der Waals surface area contributed by atoms with Gasteiger partial charge in [-0.3, -0.25) is 0 Å². The van der Waals surface area contributed by atoms with E-state index in [2.05, 4.69) is 0 Å². The third-order valence-electron chi connectivity index (χ3n) is 2.46. The first-order chi connectivity index (χ1) is 8.38. The molecule has 0 radical (unpaired) electrons. The zero-order valence-electron chi connectivity index (χ0n) is 9.00. The Balaban J connectivity index is 2.55. The summed E-state index contributed by atoms with van der Waals surface area (Å²) in [4.78, 5) is 0. The van der Waals surface area contributed by atoms with Gasteiger partial charge >= 0.3 is 6.18 Å². The van der Waals surface area contributed by atoms with Gasteiger partial charge in [0.05, 0.1) is 5.56 Å². The number of rotatable bonds is 1. The fourth-order valence-electron chi connectivity index (χ4n) is 1.60. The summed E-state index contributed by atoms with van der Waals surface area (Å²) in [6, 6.07) is 7.50. The van der Waals surface area contributed by atoms with Crippen LogP contribution < -0.4 is 0 Å². The lowest BCUT2D eigenvalue weighted by molar-refractivity contribution is -0.137. The van der Waals surface area contributed by atoms with E-state index in [0.717, 1.165) is 30.3 Å². The van der Waals surface area contributed by atoms with Crippen molar-refractivity contribution >= 4 is 0 Å². The lowest BCUT2D eigenvalue weighted by Crippen LogP contribution is -2.04. The van der Waals surface area contributed by atoms with Crippen molar-refractivity contribution in [3.63, 3.8) is 0 Å². The van der Waals surface area contributed by atoms with E-state index in [-0.39, 0.29) is 16.9 Å². The van der Waals surface area contributed by atoms with Crippen molar-refractivity contribution in [3.8, 4) is 16.9 Å². The molecule has 0 bridgehead atoms. The molecule has 0 atom stereocenters. The van der Waals surface area contributed by atoms with Gasteiger partial charge in [0, 0.05) is 5.56 Å². The zero-order chi connectivity index (χ0) is 13.3. The van der Waals surface area contributed by atoms with Crippen molar-refractivity contribution in [2.24, 2.45) is 0 Å². The lowest BCUT2D eigenvalue weighted by atomic mass is 10.0. The first kappa shape index (κ1) is 12.4. The van der Waals surface area contributed by atoms with E-state index in [4.69, 9.17) is 0 Å². The molecule has 0 aliphatic rings. The minimum absolute atomic E-state index is 0.0288. The summed E-state index contributed by atoms with van der Waals surface area (Å²) in [5, 5.41) is 9.53. The van der Waals surface area contributed by atoms with Crippen molar-refractivity contribution in [3.05, 3.63) is 53.8 Å². The van der Waals surface area contributed by atoms with E-state index < -0.39 is 17.6 Å². The number of phenolic OH excluding ortho intramolecular Hbond substituents is 1. The van der Waals surface area contributed by atoms with Crippen LogP contribution >= 0.6 is 0 Å². The highest BCUT2D eigenvalue weighted by atomic mass is 19.4. The number of hydrogen-bond donors (Lipinski definition) is 1. The molecule has 5 heteroatoms. The normalized spacial score (nSPS) is 11.6. The molecule has 0 saturated carbocycles. The van der Waals surface area contributed by atoms with E-state index in [1.54, 1.807) is 0 Å². The second kappa shape index (κ2) is 4.33. The molecule has 0 aliphatic carbocycles. The fraction of sp³-hybridized carbons (Fsp3) is 0.0769. The van der Waals surface area contributed by atoms with Crippen molar-refractivity contribution < 1.29 is 22.7 Å². The number of hydrogen-bond acceptors (Lipinski definition) is 1. The van der Waals surface area contributed by atoms with Gasteiger partial charge in [0.25, 0.3) is 0 Å². The van der Waals surface area contributed by atoms with Crippen LogP contribution in [0.3, 0.4) is 0 Å². The second-order valence-corrected chi connectivity index (χ2v) is 3.74. The molecular weight excluding hydrogens is 248 g/mol. The van der Waals surface area contributed by atoms with E-state index in [1.807, 2.05) is 0 Å². The fourth-order valence-corrected chi connectivity index (χ4v) is 1.60. The first-order valence-electron chi connectivity index (χ1n) is 5.04. The summed E-state index contributed by atoms with van der Waals surface area (Å²) in [5.74, 6) is -0.893. The summed E-state index contributed by atoms with van der Waals surface area (Å²) in [6.07, 6.45) is -4.47. The summed E-state index contributed by atoms with van der Waals surface area (Å²) in [7, 11) is 0. The SMILES string of the molecule is Oc1ccc(F)cc1-c1cccc(C(F)(F)F)c1. The van der Waals surface area contributed by atoms with Crippen LogP contribution in [0.2, 0.25) is 0 Å². The molecule has 94 valence electrons. The zero-order valence-corrected chi connectivity index (χ0v) is 9.00. The second-order valence-electron chi connectivity index (χ2n) is 3.74. The molecule has 0 fully saturated rings. The van der Waals surface area contributed by atoms with E-state index >= 15 is 0 Å². The molecule has 1 N–H and O–H groups in total. The molecule has 0 spiro atoms. The van der Waals surface area contributed by atoms with Crippen molar-refractivity contribution in [2.75, 3.05) is 0 Å². The Hall–Kier alpha value is -2.04. The van der Waals surface area contributed by atoms with Crippen LogP contribution in [-0.2, 0) is 6.18 Å². The maximum Gasteiger partial charge on any atom is 0.416 e. The molecule has 0 amide bonds. The maximum atomic E-state index is 13.0. The molecular formula is C13H8F4O. The van der Waals surface area contributed by atoms with Crippen molar-refractivity contribution in [2.45, 2.75) is 6.18 Å². The van der Waals surface area contributed by atoms with Crippen molar-refractivity contribution in [1.29, 1.82) is 0 Å². The number of benzene rings is 2. The molecule has 0 aromatic heterocycles. The van der Waals surface area contributed by atoms with Gasteiger partial charge < -0.3 is 5.11 Å². The Morgan fingerprint density at radius 2 is 1.67 bits per heavy atom. The van der Waals surface area contributed by atoms with Gasteiger partial charge in [0.2, 0.25) is 0 Å². The lowest BCUT2D eigenvalue weighted by Gasteiger charge is -2.10. The molecule has 1 nitrogen and oxygen atoms in total. The number of alkyl halides is 3. The summed E-state index contributed by atoms with van der Waals surface area (Å²) in [5.41, 5.74) is -0.702. The van der Waals surface area contributed by atoms with Crippen LogP contribution in [0, 0.1) is 5.82 Å². The number of halogens is 4. The van der Waals surface area contributed by atoms with Gasteiger partial charge in [-0.05, 0) is 35.9 Å².